The standard InChI is InChI=1S/C37H67O8P/c1-3-5-7-9-11-13-15-17-18-20-22-24-26-28-30-32-37(39)45-35(34-44-46(40,41)42)33-43-36(38)31-29-27-25-23-21-19-16-14-12-10-8-6-4-2/h17-19,21-22,24,35H,3-16,20,23,25-34H2,1-2H3,(H2,40,41,42)/b18-17+,21-19+,24-22+/t35-/m1/s1. The van der Waals surface area contributed by atoms with Crippen molar-refractivity contribution in [3.8, 4) is 0 Å². The molecule has 0 heterocycles. The summed E-state index contributed by atoms with van der Waals surface area (Å²) in [5, 5.41) is 0. The van der Waals surface area contributed by atoms with Gasteiger partial charge in [-0.1, -0.05) is 121 Å². The third-order valence-corrected chi connectivity index (χ3v) is 8.12. The minimum Gasteiger partial charge on any atom is -0.462 e. The zero-order valence-electron chi connectivity index (χ0n) is 29.2. The lowest BCUT2D eigenvalue weighted by molar-refractivity contribution is -0.161. The lowest BCUT2D eigenvalue weighted by atomic mass is 10.1. The number of phosphoric ester groups is 1. The molecule has 0 amide bonds. The van der Waals surface area contributed by atoms with Gasteiger partial charge in [-0.15, -0.1) is 0 Å². The molecule has 9 heteroatoms. The van der Waals surface area contributed by atoms with E-state index in [1.165, 1.54) is 77.0 Å². The van der Waals surface area contributed by atoms with Crippen LogP contribution in [0.2, 0.25) is 0 Å². The summed E-state index contributed by atoms with van der Waals surface area (Å²) in [6.07, 6.45) is 37.3. The van der Waals surface area contributed by atoms with Gasteiger partial charge in [-0.3, -0.25) is 14.1 Å². The number of hydrogen-bond donors (Lipinski definition) is 2. The highest BCUT2D eigenvalue weighted by molar-refractivity contribution is 7.46. The molecule has 46 heavy (non-hydrogen) atoms. The Labute approximate surface area is 281 Å². The van der Waals surface area contributed by atoms with E-state index in [2.05, 4.69) is 54.8 Å². The molecule has 1 atom stereocenters. The van der Waals surface area contributed by atoms with Crippen molar-refractivity contribution in [3.05, 3.63) is 36.5 Å². The maximum atomic E-state index is 12.3. The SMILES string of the molecule is CCCCCCCC/C=C/C/C=C/CCCCC(=O)O[C@H](COC(=O)CCCCC/C=C/CCCCCCCC)COP(=O)(O)O. The van der Waals surface area contributed by atoms with Crippen LogP contribution in [0.1, 0.15) is 168 Å². The number of esters is 2. The van der Waals surface area contributed by atoms with Crippen molar-refractivity contribution < 1.29 is 37.9 Å². The number of allylic oxidation sites excluding steroid dienone is 6. The van der Waals surface area contributed by atoms with Crippen LogP contribution in [0.4, 0.5) is 0 Å². The first-order valence-electron chi connectivity index (χ1n) is 18.3. The van der Waals surface area contributed by atoms with Gasteiger partial charge < -0.3 is 19.3 Å². The molecule has 0 fully saturated rings. The molecule has 0 aromatic heterocycles. The number of rotatable bonds is 33. The summed E-state index contributed by atoms with van der Waals surface area (Å²) in [5.74, 6) is -0.943. The molecule has 0 aliphatic heterocycles. The van der Waals surface area contributed by atoms with Crippen molar-refractivity contribution in [3.63, 3.8) is 0 Å². The van der Waals surface area contributed by atoms with E-state index >= 15 is 0 Å². The van der Waals surface area contributed by atoms with Gasteiger partial charge in [-0.25, -0.2) is 4.57 Å². The molecule has 0 aliphatic carbocycles. The third kappa shape index (κ3) is 35.1. The van der Waals surface area contributed by atoms with Crippen LogP contribution < -0.4 is 0 Å². The lowest BCUT2D eigenvalue weighted by Gasteiger charge is -2.18. The molecule has 0 aromatic rings. The van der Waals surface area contributed by atoms with Crippen molar-refractivity contribution in [2.75, 3.05) is 13.2 Å². The summed E-state index contributed by atoms with van der Waals surface area (Å²) in [7, 11) is -4.76. The second kappa shape index (κ2) is 33.2. The van der Waals surface area contributed by atoms with Crippen LogP contribution in [0.25, 0.3) is 0 Å². The molecule has 0 unspecified atom stereocenters. The highest BCUT2D eigenvalue weighted by Gasteiger charge is 2.22. The van der Waals surface area contributed by atoms with Gasteiger partial charge >= 0.3 is 19.8 Å². The van der Waals surface area contributed by atoms with Gasteiger partial charge in [0.15, 0.2) is 6.10 Å². The van der Waals surface area contributed by atoms with Crippen molar-refractivity contribution in [1.29, 1.82) is 0 Å². The Morgan fingerprint density at radius 2 is 0.978 bits per heavy atom. The lowest BCUT2D eigenvalue weighted by Crippen LogP contribution is -2.29. The van der Waals surface area contributed by atoms with Crippen LogP contribution in [0.5, 0.6) is 0 Å². The summed E-state index contributed by atoms with van der Waals surface area (Å²) in [4.78, 5) is 42.6. The molecule has 268 valence electrons. The summed E-state index contributed by atoms with van der Waals surface area (Å²) in [6, 6.07) is 0. The van der Waals surface area contributed by atoms with Crippen LogP contribution in [0, 0.1) is 0 Å². The minimum absolute atomic E-state index is 0.166. The largest absolute Gasteiger partial charge is 0.469 e. The second-order valence-corrected chi connectivity index (χ2v) is 13.4. The molecule has 0 aliphatic rings. The van der Waals surface area contributed by atoms with Crippen LogP contribution in [0.3, 0.4) is 0 Å². The van der Waals surface area contributed by atoms with Crippen LogP contribution >= 0.6 is 7.82 Å². The van der Waals surface area contributed by atoms with E-state index in [0.717, 1.165) is 51.4 Å². The first kappa shape index (κ1) is 44.3. The van der Waals surface area contributed by atoms with E-state index in [4.69, 9.17) is 19.3 Å². The first-order valence-corrected chi connectivity index (χ1v) is 19.8. The monoisotopic (exact) mass is 670 g/mol. The molecule has 0 rings (SSSR count). The van der Waals surface area contributed by atoms with E-state index in [9.17, 15) is 14.2 Å². The average molecular weight is 671 g/mol. The van der Waals surface area contributed by atoms with Gasteiger partial charge in [-0.05, 0) is 70.6 Å². The van der Waals surface area contributed by atoms with E-state index < -0.39 is 32.5 Å². The number of hydrogen-bond acceptors (Lipinski definition) is 6. The van der Waals surface area contributed by atoms with Crippen LogP contribution in [0.15, 0.2) is 36.5 Å². The van der Waals surface area contributed by atoms with Crippen LogP contribution in [-0.4, -0.2) is 41.0 Å². The molecule has 0 saturated carbocycles. The number of carbonyl (C=O) groups is 2. The minimum atomic E-state index is -4.76. The zero-order valence-corrected chi connectivity index (χ0v) is 30.1. The second-order valence-electron chi connectivity index (χ2n) is 12.2. The Morgan fingerprint density at radius 1 is 0.565 bits per heavy atom. The van der Waals surface area contributed by atoms with Gasteiger partial charge in [-0.2, -0.15) is 0 Å². The van der Waals surface area contributed by atoms with Gasteiger partial charge in [0.25, 0.3) is 0 Å². The fourth-order valence-corrected chi connectivity index (χ4v) is 5.23. The van der Waals surface area contributed by atoms with Gasteiger partial charge in [0, 0.05) is 12.8 Å². The van der Waals surface area contributed by atoms with Crippen molar-refractivity contribution in [2.45, 2.75) is 174 Å². The summed E-state index contributed by atoms with van der Waals surface area (Å²) < 4.78 is 26.2. The fraction of sp³-hybridized carbons (Fsp3) is 0.784. The molecule has 2 N–H and O–H groups in total. The summed E-state index contributed by atoms with van der Waals surface area (Å²) in [5.41, 5.74) is 0. The van der Waals surface area contributed by atoms with Crippen molar-refractivity contribution in [2.24, 2.45) is 0 Å². The predicted molar refractivity (Wildman–Crippen MR) is 188 cm³/mol. The Kier molecular flexibility index (Phi) is 31.9. The maximum Gasteiger partial charge on any atom is 0.469 e. The van der Waals surface area contributed by atoms with E-state index in [0.29, 0.717) is 12.8 Å². The Hall–Kier alpha value is -1.73. The Balaban J connectivity index is 4.07. The van der Waals surface area contributed by atoms with Crippen molar-refractivity contribution in [1.82, 2.24) is 0 Å². The topological polar surface area (TPSA) is 119 Å². The summed E-state index contributed by atoms with van der Waals surface area (Å²) in [6.45, 7) is 3.61. The highest BCUT2D eigenvalue weighted by atomic mass is 31.2. The number of unbranched alkanes of at least 4 members (excludes halogenated alkanes) is 17. The molecule has 0 saturated heterocycles. The van der Waals surface area contributed by atoms with E-state index in [1.54, 1.807) is 0 Å². The van der Waals surface area contributed by atoms with Gasteiger partial charge in [0.1, 0.15) is 6.61 Å². The Bertz CT molecular complexity index is 848. The number of carbonyl (C=O) groups excluding carboxylic acids is 2. The maximum absolute atomic E-state index is 12.3. The quantitative estimate of drug-likeness (QED) is 0.0306. The molecular weight excluding hydrogens is 603 g/mol. The van der Waals surface area contributed by atoms with Crippen LogP contribution in [-0.2, 0) is 28.2 Å². The summed E-state index contributed by atoms with van der Waals surface area (Å²) >= 11 is 0. The van der Waals surface area contributed by atoms with Gasteiger partial charge in [0.05, 0.1) is 6.61 Å². The van der Waals surface area contributed by atoms with Gasteiger partial charge in [0.2, 0.25) is 0 Å². The first-order chi connectivity index (χ1) is 22.3. The van der Waals surface area contributed by atoms with E-state index in [1.807, 2.05) is 0 Å². The average Bonchev–Trinajstić information content (AvgIpc) is 3.02. The number of ether oxygens (including phenoxy) is 2. The number of phosphoric acid groups is 1. The predicted octanol–water partition coefficient (Wildman–Crippen LogP) is 10.6. The molecule has 8 nitrogen and oxygen atoms in total. The zero-order chi connectivity index (χ0) is 34.0. The molecule has 0 bridgehead atoms. The normalized spacial score (nSPS) is 12.9. The fourth-order valence-electron chi connectivity index (χ4n) is 4.87. The highest BCUT2D eigenvalue weighted by Crippen LogP contribution is 2.35. The van der Waals surface area contributed by atoms with Crippen molar-refractivity contribution >= 4 is 19.8 Å². The molecule has 0 aromatic carbocycles. The molecule has 0 spiro atoms. The Morgan fingerprint density at radius 3 is 1.50 bits per heavy atom. The smallest absolute Gasteiger partial charge is 0.462 e. The molecular formula is C37H67O8P. The third-order valence-electron chi connectivity index (χ3n) is 7.63. The molecule has 0 radical (unpaired) electrons. The van der Waals surface area contributed by atoms with E-state index in [-0.39, 0.29) is 19.4 Å².